The number of amides is 2. The van der Waals surface area contributed by atoms with E-state index in [9.17, 15) is 36.7 Å². The van der Waals surface area contributed by atoms with Gasteiger partial charge in [0, 0.05) is 25.7 Å². The average molecular weight is 525 g/mol. The Morgan fingerprint density at radius 1 is 1.03 bits per heavy atom. The number of nitrogens with zero attached hydrogens (tertiary/aromatic N) is 2. The molecule has 2 aromatic rings. The number of rotatable bonds is 11. The largest absolute Gasteiger partial charge is 0.481 e. The normalized spacial score (nSPS) is 14.8. The number of carboxylic acid groups (broad SMARTS) is 1. The molecule has 198 valence electrons. The first-order valence-electron chi connectivity index (χ1n) is 11.1. The molecule has 0 aliphatic carbocycles. The number of hydrogen-bond acceptors (Lipinski definition) is 6. The summed E-state index contributed by atoms with van der Waals surface area (Å²) in [5, 5.41) is 11.2. The van der Waals surface area contributed by atoms with Gasteiger partial charge in [-0.1, -0.05) is 30.3 Å². The van der Waals surface area contributed by atoms with Gasteiger partial charge in [0.2, 0.25) is 23.4 Å². The standard InChI is InChI=1S/C24H23F4N3O6/c25-15-8-16(26)23(28)24(22(15)27)37-13-18(32)17(9-21(35)36)29-19(33)11-31-7-6-30(12-20(31)34)10-14-4-2-1-3-5-14/h1-5,8,17H,6-7,9-13H2,(H,29,33)(H,35,36)/t17-/m0/s1. The first-order valence-corrected chi connectivity index (χ1v) is 11.1. The third kappa shape index (κ3) is 7.49. The van der Waals surface area contributed by atoms with Crippen molar-refractivity contribution >= 4 is 23.6 Å². The number of ether oxygens (including phenoxy) is 1. The zero-order chi connectivity index (χ0) is 27.1. The molecule has 2 amide bonds. The summed E-state index contributed by atoms with van der Waals surface area (Å²) >= 11 is 0. The first-order chi connectivity index (χ1) is 17.5. The van der Waals surface area contributed by atoms with Crippen LogP contribution in [0.5, 0.6) is 5.75 Å². The zero-order valence-corrected chi connectivity index (χ0v) is 19.4. The predicted octanol–water partition coefficient (Wildman–Crippen LogP) is 1.49. The predicted molar refractivity (Wildman–Crippen MR) is 119 cm³/mol. The van der Waals surface area contributed by atoms with Crippen LogP contribution in [0.4, 0.5) is 17.6 Å². The second-order valence-electron chi connectivity index (χ2n) is 8.28. The number of Topliss-reactive ketones (excluding diaryl/α,β-unsaturated/α-hetero) is 1. The highest BCUT2D eigenvalue weighted by molar-refractivity contribution is 5.94. The Hall–Kier alpha value is -4.00. The van der Waals surface area contributed by atoms with Crippen molar-refractivity contribution in [1.29, 1.82) is 0 Å². The highest BCUT2D eigenvalue weighted by atomic mass is 19.2. The maximum atomic E-state index is 13.7. The molecule has 1 atom stereocenters. The monoisotopic (exact) mass is 525 g/mol. The van der Waals surface area contributed by atoms with E-state index in [1.807, 2.05) is 35.2 Å². The number of hydrogen-bond donors (Lipinski definition) is 2. The number of piperazine rings is 1. The molecule has 0 spiro atoms. The van der Waals surface area contributed by atoms with Gasteiger partial charge < -0.3 is 20.1 Å². The van der Waals surface area contributed by atoms with Crippen LogP contribution in [0.3, 0.4) is 0 Å². The minimum absolute atomic E-state index is 0.0461. The second-order valence-corrected chi connectivity index (χ2v) is 8.28. The maximum absolute atomic E-state index is 13.7. The Bertz CT molecular complexity index is 1150. The van der Waals surface area contributed by atoms with Crippen LogP contribution in [0.25, 0.3) is 0 Å². The lowest BCUT2D eigenvalue weighted by atomic mass is 10.1. The SMILES string of the molecule is O=C(O)C[C@H](NC(=O)CN1CCN(Cc2ccccc2)CC1=O)C(=O)COc1c(F)c(F)cc(F)c1F. The molecule has 0 aromatic heterocycles. The molecule has 37 heavy (non-hydrogen) atoms. The second kappa shape index (κ2) is 12.3. The van der Waals surface area contributed by atoms with E-state index in [0.29, 0.717) is 13.1 Å². The molecule has 1 aliphatic heterocycles. The molecule has 0 saturated carbocycles. The first kappa shape index (κ1) is 27.6. The van der Waals surface area contributed by atoms with Crippen molar-refractivity contribution in [1.82, 2.24) is 15.1 Å². The zero-order valence-electron chi connectivity index (χ0n) is 19.4. The van der Waals surface area contributed by atoms with E-state index in [1.165, 1.54) is 4.90 Å². The number of halogens is 4. The van der Waals surface area contributed by atoms with Crippen molar-refractivity contribution in [2.75, 3.05) is 32.8 Å². The fraction of sp³-hybridized carbons (Fsp3) is 0.333. The highest BCUT2D eigenvalue weighted by Gasteiger charge is 2.29. The minimum Gasteiger partial charge on any atom is -0.481 e. The van der Waals surface area contributed by atoms with Crippen molar-refractivity contribution in [2.24, 2.45) is 0 Å². The molecule has 0 bridgehead atoms. The van der Waals surface area contributed by atoms with Gasteiger partial charge in [0.15, 0.2) is 23.2 Å². The smallest absolute Gasteiger partial charge is 0.305 e. The number of aliphatic carboxylic acids is 1. The van der Waals surface area contributed by atoms with Crippen molar-refractivity contribution in [3.05, 3.63) is 65.2 Å². The quantitative estimate of drug-likeness (QED) is 0.337. The number of carbonyl (C=O) groups is 4. The summed E-state index contributed by atoms with van der Waals surface area (Å²) in [6.45, 7) is -0.371. The van der Waals surface area contributed by atoms with Crippen molar-refractivity contribution in [3.8, 4) is 5.75 Å². The number of nitrogens with one attached hydrogen (secondary N) is 1. The van der Waals surface area contributed by atoms with Crippen LogP contribution in [0, 0.1) is 23.3 Å². The lowest BCUT2D eigenvalue weighted by molar-refractivity contribution is -0.143. The van der Waals surface area contributed by atoms with Gasteiger partial charge in [0.1, 0.15) is 12.6 Å². The van der Waals surface area contributed by atoms with E-state index in [1.54, 1.807) is 0 Å². The summed E-state index contributed by atoms with van der Waals surface area (Å²) in [6.07, 6.45) is -0.908. The molecule has 2 N–H and O–H groups in total. The van der Waals surface area contributed by atoms with Crippen LogP contribution in [-0.2, 0) is 25.7 Å². The van der Waals surface area contributed by atoms with Crippen LogP contribution < -0.4 is 10.1 Å². The van der Waals surface area contributed by atoms with E-state index in [0.717, 1.165) is 5.56 Å². The fourth-order valence-corrected chi connectivity index (χ4v) is 3.66. The third-order valence-electron chi connectivity index (χ3n) is 5.51. The molecule has 1 saturated heterocycles. The van der Waals surface area contributed by atoms with Gasteiger partial charge in [0.05, 0.1) is 19.5 Å². The molecule has 9 nitrogen and oxygen atoms in total. The molecule has 1 aliphatic rings. The molecule has 3 rings (SSSR count). The van der Waals surface area contributed by atoms with Gasteiger partial charge in [0.25, 0.3) is 0 Å². The summed E-state index contributed by atoms with van der Waals surface area (Å²) < 4.78 is 58.7. The molecule has 0 radical (unpaired) electrons. The Balaban J connectivity index is 1.56. The van der Waals surface area contributed by atoms with Crippen molar-refractivity contribution < 1.29 is 46.6 Å². The minimum atomic E-state index is -1.88. The van der Waals surface area contributed by atoms with E-state index >= 15 is 0 Å². The average Bonchev–Trinajstić information content (AvgIpc) is 2.84. The van der Waals surface area contributed by atoms with E-state index in [2.05, 4.69) is 10.1 Å². The molecule has 13 heteroatoms. The summed E-state index contributed by atoms with van der Waals surface area (Å²) in [5.41, 5.74) is 1.01. The Morgan fingerprint density at radius 2 is 1.68 bits per heavy atom. The van der Waals surface area contributed by atoms with E-state index in [-0.39, 0.29) is 25.1 Å². The molecule has 1 heterocycles. The lowest BCUT2D eigenvalue weighted by Gasteiger charge is -2.34. The van der Waals surface area contributed by atoms with Crippen LogP contribution in [0.15, 0.2) is 36.4 Å². The number of carbonyl (C=O) groups excluding carboxylic acids is 3. The van der Waals surface area contributed by atoms with Gasteiger partial charge in [-0.25, -0.2) is 8.78 Å². The fourth-order valence-electron chi connectivity index (χ4n) is 3.66. The number of carboxylic acids is 1. The Kier molecular flexibility index (Phi) is 9.17. The highest BCUT2D eigenvalue weighted by Crippen LogP contribution is 2.26. The van der Waals surface area contributed by atoms with Crippen molar-refractivity contribution in [3.63, 3.8) is 0 Å². The van der Waals surface area contributed by atoms with Gasteiger partial charge >= 0.3 is 5.97 Å². The molecular weight excluding hydrogens is 502 g/mol. The van der Waals surface area contributed by atoms with Gasteiger partial charge in [-0.2, -0.15) is 8.78 Å². The van der Waals surface area contributed by atoms with Crippen molar-refractivity contribution in [2.45, 2.75) is 19.0 Å². The number of benzene rings is 2. The Morgan fingerprint density at radius 3 is 2.27 bits per heavy atom. The van der Waals surface area contributed by atoms with E-state index in [4.69, 9.17) is 5.11 Å². The van der Waals surface area contributed by atoms with Crippen LogP contribution in [0.1, 0.15) is 12.0 Å². The molecule has 2 aromatic carbocycles. The summed E-state index contributed by atoms with van der Waals surface area (Å²) in [7, 11) is 0. The lowest BCUT2D eigenvalue weighted by Crippen LogP contribution is -2.54. The summed E-state index contributed by atoms with van der Waals surface area (Å²) in [4.78, 5) is 51.7. The third-order valence-corrected chi connectivity index (χ3v) is 5.51. The van der Waals surface area contributed by atoms with Crippen LogP contribution in [0.2, 0.25) is 0 Å². The maximum Gasteiger partial charge on any atom is 0.305 e. The van der Waals surface area contributed by atoms with Gasteiger partial charge in [-0.05, 0) is 5.56 Å². The Labute approximate surface area is 208 Å². The number of ketones is 1. The summed E-state index contributed by atoms with van der Waals surface area (Å²) in [6, 6.07) is 7.72. The van der Waals surface area contributed by atoms with Gasteiger partial charge in [-0.15, -0.1) is 0 Å². The molecule has 1 fully saturated rings. The van der Waals surface area contributed by atoms with E-state index < -0.39 is 72.3 Å². The summed E-state index contributed by atoms with van der Waals surface area (Å²) in [5.74, 6) is -12.6. The molecule has 0 unspecified atom stereocenters. The topological polar surface area (TPSA) is 116 Å². The molecular formula is C24H23F4N3O6. The van der Waals surface area contributed by atoms with Gasteiger partial charge in [-0.3, -0.25) is 24.1 Å². The van der Waals surface area contributed by atoms with Crippen LogP contribution >= 0.6 is 0 Å². The van der Waals surface area contributed by atoms with Crippen LogP contribution in [-0.4, -0.2) is 77.3 Å².